The summed E-state index contributed by atoms with van der Waals surface area (Å²) >= 11 is 20.8. The van der Waals surface area contributed by atoms with Crippen LogP contribution in [0, 0.1) is 27.7 Å². The molecule has 12 aromatic rings. The Labute approximate surface area is 478 Å². The summed E-state index contributed by atoms with van der Waals surface area (Å²) in [5.41, 5.74) is 28.7. The molecular weight excluding hydrogens is 1160 g/mol. The molecule has 14 N–H and O–H groups in total. The molecule has 408 valence electrons. The summed E-state index contributed by atoms with van der Waals surface area (Å²) in [6.07, 6.45) is 12.1. The van der Waals surface area contributed by atoms with Crippen LogP contribution in [0.5, 0.6) is 0 Å². The smallest absolute Gasteiger partial charge is 0.470 e. The van der Waals surface area contributed by atoms with Gasteiger partial charge in [-0.05, 0) is 122 Å². The zero-order valence-electron chi connectivity index (χ0n) is 42.4. The van der Waals surface area contributed by atoms with Crippen LogP contribution in [0.3, 0.4) is 0 Å². The maximum absolute atomic E-state index is 8.91. The van der Waals surface area contributed by atoms with Crippen LogP contribution < -0.4 is 34.1 Å². The fraction of sp³-hybridized carbons (Fsp3) is 0.0800. The van der Waals surface area contributed by atoms with E-state index in [1.165, 1.54) is 49.4 Å². The molecule has 0 amide bonds. The second-order valence-corrected chi connectivity index (χ2v) is 18.5. The van der Waals surface area contributed by atoms with Crippen LogP contribution in [0.2, 0.25) is 15.2 Å². The van der Waals surface area contributed by atoms with E-state index in [0.29, 0.717) is 111 Å². The number of nitrogens with one attached hydrogen (secondary N) is 2. The molecule has 0 fully saturated rings. The molecule has 0 saturated heterocycles. The predicted octanol–water partition coefficient (Wildman–Crippen LogP) is 7.72. The van der Waals surface area contributed by atoms with E-state index in [2.05, 4.69) is 75.7 Å². The third-order valence-electron chi connectivity index (χ3n) is 10.3. The summed E-state index contributed by atoms with van der Waals surface area (Å²) in [7, 11) is -3.00. The maximum atomic E-state index is 8.91. The summed E-state index contributed by atoms with van der Waals surface area (Å²) in [6, 6.07) is 21.2. The van der Waals surface area contributed by atoms with Crippen LogP contribution in [0.15, 0.2) is 145 Å². The van der Waals surface area contributed by atoms with E-state index in [9.17, 15) is 0 Å². The van der Waals surface area contributed by atoms with Crippen molar-refractivity contribution >= 4 is 121 Å². The number of nitrogens with two attached hydrogens (primary N) is 4. The van der Waals surface area contributed by atoms with Crippen molar-refractivity contribution in [2.75, 3.05) is 22.9 Å². The van der Waals surface area contributed by atoms with Crippen molar-refractivity contribution in [3.63, 3.8) is 0 Å². The number of H-pyrrole nitrogens is 2. The molecule has 0 atom stereocenters. The first kappa shape index (κ1) is 59.0. The number of aromatic amines is 2. The molecular formula is C50H46B2BrCl3N16O8. The van der Waals surface area contributed by atoms with E-state index in [1.807, 2.05) is 69.3 Å². The normalized spacial score (nSPS) is 10.4. The van der Waals surface area contributed by atoms with Crippen LogP contribution in [-0.4, -0.2) is 94.1 Å². The van der Waals surface area contributed by atoms with Gasteiger partial charge in [-0.25, -0.2) is 39.9 Å². The molecule has 0 radical (unpaired) electrons. The lowest BCUT2D eigenvalue weighted by molar-refractivity contribution is 0.407. The highest BCUT2D eigenvalue weighted by Gasteiger charge is 2.18. The number of aryl methyl sites for hydroxylation is 4. The van der Waals surface area contributed by atoms with Crippen molar-refractivity contribution in [3.05, 3.63) is 165 Å². The van der Waals surface area contributed by atoms with E-state index in [1.54, 1.807) is 31.6 Å². The molecule has 0 spiro atoms. The number of rotatable bonds is 6. The molecule has 2 aromatic carbocycles. The van der Waals surface area contributed by atoms with E-state index < -0.39 is 14.2 Å². The molecule has 0 aliphatic heterocycles. The Morgan fingerprint density at radius 2 is 0.988 bits per heavy atom. The topological polar surface area (TPSA) is 398 Å². The minimum atomic E-state index is -1.51. The molecule has 10 heterocycles. The Kier molecular flexibility index (Phi) is 20.1. The summed E-state index contributed by atoms with van der Waals surface area (Å²) in [5, 5.41) is 36.1. The number of anilines is 4. The fourth-order valence-electron chi connectivity index (χ4n) is 6.79. The van der Waals surface area contributed by atoms with Crippen LogP contribution in [-0.2, 0) is 0 Å². The van der Waals surface area contributed by atoms with E-state index in [-0.39, 0.29) is 5.66 Å². The molecule has 10 aromatic heterocycles. The highest BCUT2D eigenvalue weighted by atomic mass is 79.9. The third kappa shape index (κ3) is 16.2. The Hall–Kier alpha value is -8.66. The van der Waals surface area contributed by atoms with Gasteiger partial charge in [0.25, 0.3) is 0 Å². The quantitative estimate of drug-likeness (QED) is 0.0712. The first-order valence-electron chi connectivity index (χ1n) is 23.2. The van der Waals surface area contributed by atoms with Gasteiger partial charge in [-0.1, -0.05) is 34.8 Å². The predicted molar refractivity (Wildman–Crippen MR) is 310 cm³/mol. The average Bonchev–Trinajstić information content (AvgIpc) is 4.35. The average molecular weight is 1210 g/mol. The number of nitrogens with zero attached hydrogens (tertiary/aromatic N) is 10. The molecule has 0 saturated carbocycles. The lowest BCUT2D eigenvalue weighted by atomic mass is 9.80. The molecule has 0 aliphatic rings. The standard InChI is InChI=1S/C16H12ClN5O.C9H8BrN3O.C9H9N3O.C7H6BClN2O2.C5H7BO3.C4H4ClN3/c1-8-2-3-12(23-8)16-14(19-6-13(18)22-16)9-4-10(17)15-11(5-9)20-7-21-15;1-5-2-3-6(14-5)8-9(10)12-4-7(11)13-8;1-6-2-3-8(13-6)7-4-11-5-9(10)12-7;9-5-1-4(8(12)13)2-6-7(5)11-3-10-6;1-4-2-3-5(9-4)6(7)8;5-3-1-7-2-4(6)8-3/h2-7H,1H3,(H2,18,22)(H,20,21);2-4H,1H3,(H2,11,13);2-5H,1H3,(H2,10,12);1-3,12-13H,(H,10,11);2-3,7-8H,1H3;1-2H,(H2,6,8). The second-order valence-electron chi connectivity index (χ2n) is 16.5. The van der Waals surface area contributed by atoms with Crippen molar-refractivity contribution < 1.29 is 37.8 Å². The summed E-state index contributed by atoms with van der Waals surface area (Å²) in [6.45, 7) is 7.36. The number of furan rings is 4. The third-order valence-corrected chi connectivity index (χ3v) is 11.7. The molecule has 80 heavy (non-hydrogen) atoms. The number of imidazole rings is 2. The maximum Gasteiger partial charge on any atom is 0.526 e. The van der Waals surface area contributed by atoms with Crippen LogP contribution >= 0.6 is 50.7 Å². The van der Waals surface area contributed by atoms with Gasteiger partial charge in [0.05, 0.1) is 76.7 Å². The number of fused-ring (bicyclic) bond motifs is 2. The number of nitrogen functional groups attached to an aromatic ring is 4. The van der Waals surface area contributed by atoms with E-state index in [0.717, 1.165) is 28.4 Å². The van der Waals surface area contributed by atoms with E-state index in [4.69, 9.17) is 95.5 Å². The van der Waals surface area contributed by atoms with Gasteiger partial charge < -0.3 is 70.7 Å². The lowest BCUT2D eigenvalue weighted by Gasteiger charge is -2.08. The number of hydrogen-bond acceptors (Lipinski definition) is 22. The minimum Gasteiger partial charge on any atom is -0.470 e. The number of aromatic nitrogens is 12. The van der Waals surface area contributed by atoms with Gasteiger partial charge in [0.1, 0.15) is 89.8 Å². The molecule has 0 aliphatic carbocycles. The van der Waals surface area contributed by atoms with E-state index >= 15 is 0 Å². The van der Waals surface area contributed by atoms with Gasteiger partial charge in [-0.3, -0.25) is 9.97 Å². The zero-order chi connectivity index (χ0) is 57.6. The first-order chi connectivity index (χ1) is 38.2. The van der Waals surface area contributed by atoms with Crippen molar-refractivity contribution in [3.8, 4) is 45.6 Å². The number of hydrogen-bond donors (Lipinski definition) is 10. The Morgan fingerprint density at radius 1 is 0.487 bits per heavy atom. The highest BCUT2D eigenvalue weighted by Crippen LogP contribution is 2.34. The SMILES string of the molecule is Cc1ccc(-c2cncc(N)n2)o1.Cc1ccc(-c2nc(N)cnc2-c2cc(Cl)c3nc[nH]c3c2)o1.Cc1ccc(-c2nc(N)cnc2Br)o1.Cc1ccc(B(O)O)o1.Nc1cncc(Cl)n1.OB(O)c1cc(Cl)c2nc[nH]c2c1. The van der Waals surface area contributed by atoms with Crippen LogP contribution in [0.25, 0.3) is 67.7 Å². The van der Waals surface area contributed by atoms with Gasteiger partial charge in [-0.2, -0.15) is 0 Å². The first-order valence-corrected chi connectivity index (χ1v) is 25.1. The fourth-order valence-corrected chi connectivity index (χ4v) is 7.88. The Bertz CT molecular complexity index is 3970. The van der Waals surface area contributed by atoms with Gasteiger partial charge in [-0.15, -0.1) is 0 Å². The van der Waals surface area contributed by atoms with Gasteiger partial charge in [0, 0.05) is 5.56 Å². The Morgan fingerprint density at radius 3 is 1.49 bits per heavy atom. The summed E-state index contributed by atoms with van der Waals surface area (Å²) < 4.78 is 21.9. The molecule has 0 unspecified atom stereocenters. The largest absolute Gasteiger partial charge is 0.526 e. The van der Waals surface area contributed by atoms with Gasteiger partial charge in [0.2, 0.25) is 0 Å². The zero-order valence-corrected chi connectivity index (χ0v) is 46.3. The Balaban J connectivity index is 0.000000144. The summed E-state index contributed by atoms with van der Waals surface area (Å²) in [4.78, 5) is 46.3. The molecule has 24 nitrogen and oxygen atoms in total. The molecule has 0 bridgehead atoms. The monoisotopic (exact) mass is 1200 g/mol. The molecule has 30 heteroatoms. The van der Waals surface area contributed by atoms with Gasteiger partial charge >= 0.3 is 14.2 Å². The van der Waals surface area contributed by atoms with Crippen molar-refractivity contribution in [1.82, 2.24) is 59.8 Å². The van der Waals surface area contributed by atoms with Crippen molar-refractivity contribution in [2.45, 2.75) is 27.7 Å². The van der Waals surface area contributed by atoms with Crippen molar-refractivity contribution in [1.29, 1.82) is 0 Å². The molecule has 12 rings (SSSR count). The van der Waals surface area contributed by atoms with Crippen LogP contribution in [0.1, 0.15) is 23.0 Å². The second kappa shape index (κ2) is 27.3. The van der Waals surface area contributed by atoms with Crippen LogP contribution in [0.4, 0.5) is 23.3 Å². The highest BCUT2D eigenvalue weighted by molar-refractivity contribution is 9.10. The number of benzene rings is 2. The minimum absolute atomic E-state index is 0.188. The number of halogens is 4. The van der Waals surface area contributed by atoms with Gasteiger partial charge in [0.15, 0.2) is 17.3 Å². The summed E-state index contributed by atoms with van der Waals surface area (Å²) in [5.74, 6) is 6.54. The lowest BCUT2D eigenvalue weighted by Crippen LogP contribution is -2.29. The van der Waals surface area contributed by atoms with Crippen molar-refractivity contribution in [2.24, 2.45) is 0 Å².